The molecule has 5 heteroatoms. The molecule has 1 saturated carbocycles. The summed E-state index contributed by atoms with van der Waals surface area (Å²) in [6.45, 7) is -0.168. The van der Waals surface area contributed by atoms with E-state index in [0.29, 0.717) is 18.6 Å². The van der Waals surface area contributed by atoms with Gasteiger partial charge in [-0.25, -0.2) is 4.79 Å². The molecule has 1 aliphatic carbocycles. The van der Waals surface area contributed by atoms with Gasteiger partial charge in [-0.3, -0.25) is 4.79 Å². The number of para-hydroxylation sites is 1. The minimum Gasteiger partial charge on any atom is -0.484 e. The standard InChI is InChI=1S/C14H17NO4/c16-12(10-19-11-6-2-1-3-7-11)15-14(13(17)18)8-4-5-9-14/h1-3,6-7H,4-5,8-10H2,(H,15,16)(H,17,18). The highest BCUT2D eigenvalue weighted by molar-refractivity contribution is 5.87. The highest BCUT2D eigenvalue weighted by Crippen LogP contribution is 2.29. The molecule has 2 rings (SSSR count). The number of hydrogen-bond donors (Lipinski definition) is 2. The van der Waals surface area contributed by atoms with Gasteiger partial charge in [-0.1, -0.05) is 31.0 Å². The summed E-state index contributed by atoms with van der Waals surface area (Å²) in [5, 5.41) is 11.8. The molecule has 0 bridgehead atoms. The molecule has 1 aromatic carbocycles. The second-order valence-electron chi connectivity index (χ2n) is 4.74. The lowest BCUT2D eigenvalue weighted by atomic mass is 9.98. The van der Waals surface area contributed by atoms with E-state index in [9.17, 15) is 14.7 Å². The van der Waals surface area contributed by atoms with Crippen LogP contribution in [-0.4, -0.2) is 29.1 Å². The van der Waals surface area contributed by atoms with E-state index in [1.165, 1.54) is 0 Å². The molecule has 0 aromatic heterocycles. The lowest BCUT2D eigenvalue weighted by Crippen LogP contribution is -2.53. The van der Waals surface area contributed by atoms with Gasteiger partial charge in [0.1, 0.15) is 11.3 Å². The first-order valence-electron chi connectivity index (χ1n) is 6.35. The molecule has 0 unspecified atom stereocenters. The van der Waals surface area contributed by atoms with Gasteiger partial charge < -0.3 is 15.2 Å². The minimum absolute atomic E-state index is 0.168. The Labute approximate surface area is 111 Å². The third kappa shape index (κ3) is 3.24. The van der Waals surface area contributed by atoms with E-state index < -0.39 is 17.4 Å². The van der Waals surface area contributed by atoms with Crippen LogP contribution in [0.25, 0.3) is 0 Å². The van der Waals surface area contributed by atoms with Gasteiger partial charge in [-0.05, 0) is 25.0 Å². The van der Waals surface area contributed by atoms with Crippen molar-refractivity contribution in [3.8, 4) is 5.75 Å². The van der Waals surface area contributed by atoms with Crippen molar-refractivity contribution in [2.75, 3.05) is 6.61 Å². The van der Waals surface area contributed by atoms with Gasteiger partial charge in [0.25, 0.3) is 5.91 Å². The maximum Gasteiger partial charge on any atom is 0.329 e. The summed E-state index contributed by atoms with van der Waals surface area (Å²) in [4.78, 5) is 23.1. The van der Waals surface area contributed by atoms with Crippen LogP contribution < -0.4 is 10.1 Å². The van der Waals surface area contributed by atoms with Crippen molar-refractivity contribution in [1.29, 1.82) is 0 Å². The molecule has 0 aliphatic heterocycles. The molecule has 1 amide bonds. The Morgan fingerprint density at radius 2 is 1.84 bits per heavy atom. The Morgan fingerprint density at radius 1 is 1.21 bits per heavy atom. The zero-order chi connectivity index (χ0) is 13.7. The predicted molar refractivity (Wildman–Crippen MR) is 68.9 cm³/mol. The number of rotatable bonds is 5. The lowest BCUT2D eigenvalue weighted by molar-refractivity contribution is -0.147. The maximum absolute atomic E-state index is 11.8. The number of benzene rings is 1. The smallest absolute Gasteiger partial charge is 0.329 e. The van der Waals surface area contributed by atoms with Crippen molar-refractivity contribution in [3.05, 3.63) is 30.3 Å². The summed E-state index contributed by atoms with van der Waals surface area (Å²) in [6.07, 6.45) is 2.62. The molecule has 0 heterocycles. The fourth-order valence-electron chi connectivity index (χ4n) is 2.34. The molecule has 5 nitrogen and oxygen atoms in total. The van der Waals surface area contributed by atoms with E-state index in [0.717, 1.165) is 12.8 Å². The quantitative estimate of drug-likeness (QED) is 0.845. The van der Waals surface area contributed by atoms with Crippen molar-refractivity contribution in [2.45, 2.75) is 31.2 Å². The molecule has 0 radical (unpaired) electrons. The van der Waals surface area contributed by atoms with Crippen molar-refractivity contribution >= 4 is 11.9 Å². The number of carboxylic acid groups (broad SMARTS) is 1. The van der Waals surface area contributed by atoms with Crippen molar-refractivity contribution in [3.63, 3.8) is 0 Å². The first-order chi connectivity index (χ1) is 9.12. The summed E-state index contributed by atoms with van der Waals surface area (Å²) < 4.78 is 5.30. The van der Waals surface area contributed by atoms with Gasteiger partial charge >= 0.3 is 5.97 Å². The molecule has 2 N–H and O–H groups in total. The zero-order valence-corrected chi connectivity index (χ0v) is 10.6. The van der Waals surface area contributed by atoms with Crippen LogP contribution in [0.2, 0.25) is 0 Å². The van der Waals surface area contributed by atoms with Gasteiger partial charge in [-0.2, -0.15) is 0 Å². The first kappa shape index (κ1) is 13.4. The Hall–Kier alpha value is -2.04. The van der Waals surface area contributed by atoms with Gasteiger partial charge in [-0.15, -0.1) is 0 Å². The summed E-state index contributed by atoms with van der Waals surface area (Å²) in [7, 11) is 0. The van der Waals surface area contributed by atoms with Crippen LogP contribution in [0.3, 0.4) is 0 Å². The fraction of sp³-hybridized carbons (Fsp3) is 0.429. The normalized spacial score (nSPS) is 16.8. The van der Waals surface area contributed by atoms with Crippen molar-refractivity contribution < 1.29 is 19.4 Å². The molecule has 1 aliphatic rings. The maximum atomic E-state index is 11.8. The van der Waals surface area contributed by atoms with Crippen LogP contribution in [0, 0.1) is 0 Å². The van der Waals surface area contributed by atoms with Crippen LogP contribution in [0.15, 0.2) is 30.3 Å². The zero-order valence-electron chi connectivity index (χ0n) is 10.6. The lowest BCUT2D eigenvalue weighted by Gasteiger charge is -2.25. The Kier molecular flexibility index (Phi) is 4.04. The number of aliphatic carboxylic acids is 1. The Balaban J connectivity index is 1.88. The number of carboxylic acids is 1. The third-order valence-electron chi connectivity index (χ3n) is 3.36. The topological polar surface area (TPSA) is 75.6 Å². The average molecular weight is 263 g/mol. The van der Waals surface area contributed by atoms with E-state index in [4.69, 9.17) is 4.74 Å². The highest BCUT2D eigenvalue weighted by Gasteiger charge is 2.42. The predicted octanol–water partition coefficient (Wildman–Crippen LogP) is 1.58. The minimum atomic E-state index is -1.10. The molecule has 0 atom stereocenters. The van der Waals surface area contributed by atoms with Gasteiger partial charge in [0.05, 0.1) is 0 Å². The summed E-state index contributed by atoms with van der Waals surface area (Å²) in [5.41, 5.74) is -1.10. The summed E-state index contributed by atoms with van der Waals surface area (Å²) in [6, 6.07) is 8.96. The Morgan fingerprint density at radius 3 is 2.42 bits per heavy atom. The van der Waals surface area contributed by atoms with Crippen LogP contribution in [0.1, 0.15) is 25.7 Å². The number of amides is 1. The van der Waals surface area contributed by atoms with Gasteiger partial charge in [0.15, 0.2) is 6.61 Å². The van der Waals surface area contributed by atoms with Crippen LogP contribution in [0.4, 0.5) is 0 Å². The van der Waals surface area contributed by atoms with Crippen molar-refractivity contribution in [2.24, 2.45) is 0 Å². The van der Waals surface area contributed by atoms with E-state index >= 15 is 0 Å². The number of carbonyl (C=O) groups is 2. The SMILES string of the molecule is O=C(COc1ccccc1)NC1(C(=O)O)CCCC1. The van der Waals surface area contributed by atoms with Gasteiger partial charge in [0, 0.05) is 0 Å². The van der Waals surface area contributed by atoms with E-state index in [1.54, 1.807) is 12.1 Å². The summed E-state index contributed by atoms with van der Waals surface area (Å²) in [5.74, 6) is -0.764. The van der Waals surface area contributed by atoms with E-state index in [2.05, 4.69) is 5.32 Å². The highest BCUT2D eigenvalue weighted by atomic mass is 16.5. The van der Waals surface area contributed by atoms with E-state index in [-0.39, 0.29) is 6.61 Å². The molecule has 0 saturated heterocycles. The molecule has 0 spiro atoms. The molecular weight excluding hydrogens is 246 g/mol. The number of hydrogen-bond acceptors (Lipinski definition) is 3. The van der Waals surface area contributed by atoms with Crippen LogP contribution in [-0.2, 0) is 9.59 Å². The summed E-state index contributed by atoms with van der Waals surface area (Å²) >= 11 is 0. The average Bonchev–Trinajstić information content (AvgIpc) is 2.87. The number of carbonyl (C=O) groups excluding carboxylic acids is 1. The number of nitrogens with one attached hydrogen (secondary N) is 1. The second kappa shape index (κ2) is 5.73. The van der Waals surface area contributed by atoms with Crippen LogP contribution >= 0.6 is 0 Å². The van der Waals surface area contributed by atoms with Crippen LogP contribution in [0.5, 0.6) is 5.75 Å². The van der Waals surface area contributed by atoms with Gasteiger partial charge in [0.2, 0.25) is 0 Å². The molecule has 102 valence electrons. The third-order valence-corrected chi connectivity index (χ3v) is 3.36. The fourth-order valence-corrected chi connectivity index (χ4v) is 2.34. The number of ether oxygens (including phenoxy) is 1. The van der Waals surface area contributed by atoms with Crippen molar-refractivity contribution in [1.82, 2.24) is 5.32 Å². The Bertz CT molecular complexity index is 452. The largest absolute Gasteiger partial charge is 0.484 e. The second-order valence-corrected chi connectivity index (χ2v) is 4.74. The first-order valence-corrected chi connectivity index (χ1v) is 6.35. The molecule has 1 fully saturated rings. The van der Waals surface area contributed by atoms with E-state index in [1.807, 2.05) is 18.2 Å². The molecular formula is C14H17NO4. The molecule has 19 heavy (non-hydrogen) atoms. The monoisotopic (exact) mass is 263 g/mol. The molecule has 1 aromatic rings.